The molecule has 0 N–H and O–H groups in total. The van der Waals surface area contributed by atoms with Gasteiger partial charge in [-0.1, -0.05) is 143 Å². The standard InChI is InChI=1S/C45H86N2O8/c1-8-12-14-16-18-20-22-24-26-28-32-46(11-4)34-30-35-47(33-29-27-25-23-21-19-17-15-13-9-2)36-31-37-51-45-44(54-40(7)50)43(53-39(6)49)42(52-38(5)48)41(10-3)55-45/h41-45H,8-37H2,1-7H3. The van der Waals surface area contributed by atoms with Gasteiger partial charge in [-0.05, 0) is 64.8 Å². The van der Waals surface area contributed by atoms with E-state index in [1.807, 2.05) is 6.92 Å². The van der Waals surface area contributed by atoms with E-state index in [1.165, 1.54) is 156 Å². The van der Waals surface area contributed by atoms with Crippen molar-refractivity contribution in [2.75, 3.05) is 45.9 Å². The topological polar surface area (TPSA) is 104 Å². The smallest absolute Gasteiger partial charge is 0.303 e. The van der Waals surface area contributed by atoms with Crippen molar-refractivity contribution in [3.63, 3.8) is 0 Å². The number of unbranched alkanes of at least 4 members (excludes halogenated alkanes) is 18. The second-order valence-electron chi connectivity index (χ2n) is 15.9. The highest BCUT2D eigenvalue weighted by Crippen LogP contribution is 2.31. The summed E-state index contributed by atoms with van der Waals surface area (Å²) in [6, 6.07) is 0. The molecule has 0 radical (unpaired) electrons. The lowest BCUT2D eigenvalue weighted by Gasteiger charge is -2.44. The Kier molecular flexibility index (Phi) is 32.0. The van der Waals surface area contributed by atoms with Crippen LogP contribution in [0.25, 0.3) is 0 Å². The van der Waals surface area contributed by atoms with E-state index in [2.05, 4.69) is 30.6 Å². The van der Waals surface area contributed by atoms with Crippen molar-refractivity contribution < 1.29 is 38.1 Å². The fourth-order valence-corrected chi connectivity index (χ4v) is 7.73. The summed E-state index contributed by atoms with van der Waals surface area (Å²) in [6.45, 7) is 19.4. The Morgan fingerprint density at radius 1 is 0.455 bits per heavy atom. The zero-order chi connectivity index (χ0) is 40.5. The number of hydrogen-bond donors (Lipinski definition) is 0. The first kappa shape index (κ1) is 51.3. The first-order chi connectivity index (χ1) is 26.7. The zero-order valence-electron chi connectivity index (χ0n) is 36.8. The molecule has 55 heavy (non-hydrogen) atoms. The Morgan fingerprint density at radius 3 is 1.29 bits per heavy atom. The first-order valence-electron chi connectivity index (χ1n) is 22.9. The Labute approximate surface area is 337 Å². The van der Waals surface area contributed by atoms with Gasteiger partial charge in [-0.2, -0.15) is 0 Å². The molecule has 10 nitrogen and oxygen atoms in total. The number of rotatable bonds is 36. The Hall–Kier alpha value is -1.75. The summed E-state index contributed by atoms with van der Waals surface area (Å²) in [5.74, 6) is -1.66. The number of nitrogens with zero attached hydrogens (tertiary/aromatic N) is 2. The fourth-order valence-electron chi connectivity index (χ4n) is 7.73. The van der Waals surface area contributed by atoms with Crippen LogP contribution in [0.5, 0.6) is 0 Å². The maximum atomic E-state index is 12.2. The molecule has 0 spiro atoms. The lowest BCUT2D eigenvalue weighted by Crippen LogP contribution is -2.61. The molecule has 0 bridgehead atoms. The summed E-state index contributed by atoms with van der Waals surface area (Å²) in [5, 5.41) is 0. The molecule has 1 heterocycles. The summed E-state index contributed by atoms with van der Waals surface area (Å²) in [5.41, 5.74) is 0. The predicted molar refractivity (Wildman–Crippen MR) is 223 cm³/mol. The molecule has 0 amide bonds. The average Bonchev–Trinajstić information content (AvgIpc) is 3.15. The lowest BCUT2D eigenvalue weighted by atomic mass is 9.96. The minimum Gasteiger partial charge on any atom is -0.456 e. The van der Waals surface area contributed by atoms with E-state index in [4.69, 9.17) is 23.7 Å². The van der Waals surface area contributed by atoms with Gasteiger partial charge in [0.05, 0.1) is 6.61 Å². The van der Waals surface area contributed by atoms with Crippen LogP contribution in [0.1, 0.15) is 196 Å². The minimum absolute atomic E-state index is 0.387. The summed E-state index contributed by atoms with van der Waals surface area (Å²) >= 11 is 0. The van der Waals surface area contributed by atoms with Crippen molar-refractivity contribution in [2.45, 2.75) is 227 Å². The van der Waals surface area contributed by atoms with Gasteiger partial charge in [0, 0.05) is 27.3 Å². The van der Waals surface area contributed by atoms with Crippen molar-refractivity contribution in [1.82, 2.24) is 9.80 Å². The minimum atomic E-state index is -1.06. The third-order valence-electron chi connectivity index (χ3n) is 10.9. The number of carbonyl (C=O) groups excluding carboxylic acids is 3. The highest BCUT2D eigenvalue weighted by Gasteiger charge is 2.51. The van der Waals surface area contributed by atoms with Gasteiger partial charge >= 0.3 is 17.9 Å². The summed E-state index contributed by atoms with van der Waals surface area (Å²) < 4.78 is 29.2. The molecule has 1 saturated heterocycles. The molecule has 5 atom stereocenters. The van der Waals surface area contributed by atoms with E-state index >= 15 is 0 Å². The fraction of sp³-hybridized carbons (Fsp3) is 0.933. The van der Waals surface area contributed by atoms with Gasteiger partial charge in [0.25, 0.3) is 0 Å². The summed E-state index contributed by atoms with van der Waals surface area (Å²) in [7, 11) is 0. The molecule has 324 valence electrons. The second kappa shape index (κ2) is 34.3. The quantitative estimate of drug-likeness (QED) is 0.0347. The number of esters is 3. The van der Waals surface area contributed by atoms with Crippen LogP contribution in [0.15, 0.2) is 0 Å². The maximum Gasteiger partial charge on any atom is 0.303 e. The van der Waals surface area contributed by atoms with Gasteiger partial charge < -0.3 is 33.5 Å². The number of carbonyl (C=O) groups is 3. The molecule has 1 aliphatic heterocycles. The van der Waals surface area contributed by atoms with E-state index in [-0.39, 0.29) is 0 Å². The summed E-state index contributed by atoms with van der Waals surface area (Å²) in [4.78, 5) is 41.4. The van der Waals surface area contributed by atoms with Crippen molar-refractivity contribution in [3.8, 4) is 0 Å². The first-order valence-corrected chi connectivity index (χ1v) is 22.9. The summed E-state index contributed by atoms with van der Waals surface area (Å²) in [6.07, 6.45) is 24.8. The van der Waals surface area contributed by atoms with Gasteiger partial charge in [0.2, 0.25) is 0 Å². The monoisotopic (exact) mass is 783 g/mol. The highest BCUT2D eigenvalue weighted by atomic mass is 16.7. The normalized spacial score (nSPS) is 19.9. The molecule has 5 unspecified atom stereocenters. The van der Waals surface area contributed by atoms with Crippen LogP contribution in [0.2, 0.25) is 0 Å². The van der Waals surface area contributed by atoms with Crippen molar-refractivity contribution in [3.05, 3.63) is 0 Å². The largest absolute Gasteiger partial charge is 0.456 e. The highest BCUT2D eigenvalue weighted by molar-refractivity contribution is 5.68. The molecule has 1 rings (SSSR count). The van der Waals surface area contributed by atoms with Gasteiger partial charge in [-0.25, -0.2) is 0 Å². The van der Waals surface area contributed by atoms with Crippen LogP contribution in [0, 0.1) is 0 Å². The Bertz CT molecular complexity index is 952. The lowest BCUT2D eigenvalue weighted by molar-refractivity contribution is -0.304. The second-order valence-corrected chi connectivity index (χ2v) is 15.9. The van der Waals surface area contributed by atoms with Crippen LogP contribution in [-0.4, -0.2) is 104 Å². The van der Waals surface area contributed by atoms with Crippen molar-refractivity contribution >= 4 is 17.9 Å². The Balaban J connectivity index is 2.70. The van der Waals surface area contributed by atoms with E-state index in [1.54, 1.807) is 0 Å². The number of ether oxygens (including phenoxy) is 5. The van der Waals surface area contributed by atoms with Gasteiger partial charge in [0.1, 0.15) is 6.10 Å². The number of hydrogen-bond acceptors (Lipinski definition) is 10. The zero-order valence-corrected chi connectivity index (χ0v) is 36.8. The van der Waals surface area contributed by atoms with Crippen molar-refractivity contribution in [1.29, 1.82) is 0 Å². The van der Waals surface area contributed by atoms with Crippen LogP contribution in [0.3, 0.4) is 0 Å². The molecule has 10 heteroatoms. The van der Waals surface area contributed by atoms with E-state index in [0.717, 1.165) is 45.6 Å². The molecular formula is C45H86N2O8. The van der Waals surface area contributed by atoms with Gasteiger partial charge in [-0.15, -0.1) is 0 Å². The molecule has 1 fully saturated rings. The van der Waals surface area contributed by atoms with E-state index in [0.29, 0.717) is 13.0 Å². The maximum absolute atomic E-state index is 12.2. The molecule has 0 aromatic carbocycles. The molecule has 1 aliphatic rings. The van der Waals surface area contributed by atoms with Crippen LogP contribution in [-0.2, 0) is 38.1 Å². The van der Waals surface area contributed by atoms with E-state index in [9.17, 15) is 14.4 Å². The Morgan fingerprint density at radius 2 is 0.836 bits per heavy atom. The van der Waals surface area contributed by atoms with Crippen LogP contribution in [0.4, 0.5) is 0 Å². The molecular weight excluding hydrogens is 697 g/mol. The SMILES string of the molecule is CCCCCCCCCCCCN(CC)CCCN(CCCCCCCCCCCC)CCCOC1OC(CC)C(OC(C)=O)C(OC(C)=O)C1OC(C)=O. The molecule has 0 saturated carbocycles. The van der Waals surface area contributed by atoms with Crippen molar-refractivity contribution in [2.24, 2.45) is 0 Å². The molecule has 0 aliphatic carbocycles. The third-order valence-corrected chi connectivity index (χ3v) is 10.9. The molecule has 0 aromatic heterocycles. The van der Waals surface area contributed by atoms with Gasteiger partial charge in [-0.3, -0.25) is 14.4 Å². The van der Waals surface area contributed by atoms with Crippen LogP contribution >= 0.6 is 0 Å². The molecule has 0 aromatic rings. The van der Waals surface area contributed by atoms with Crippen LogP contribution < -0.4 is 0 Å². The van der Waals surface area contributed by atoms with E-state index < -0.39 is 48.6 Å². The van der Waals surface area contributed by atoms with Gasteiger partial charge in [0.15, 0.2) is 24.6 Å². The third kappa shape index (κ3) is 26.0. The average molecular weight is 783 g/mol. The predicted octanol–water partition coefficient (Wildman–Crippen LogP) is 10.2.